The first-order chi connectivity index (χ1) is 8.35. The Labute approximate surface area is 106 Å². The van der Waals surface area contributed by atoms with Gasteiger partial charge in [0.25, 0.3) is 0 Å². The molecule has 0 aromatic carbocycles. The van der Waals surface area contributed by atoms with Gasteiger partial charge in [-0.25, -0.2) is 13.4 Å². The van der Waals surface area contributed by atoms with Crippen LogP contribution < -0.4 is 11.1 Å². The van der Waals surface area contributed by atoms with E-state index in [0.29, 0.717) is 11.5 Å². The van der Waals surface area contributed by atoms with Gasteiger partial charge < -0.3 is 11.1 Å². The van der Waals surface area contributed by atoms with Crippen molar-refractivity contribution in [1.82, 2.24) is 9.29 Å². The fraction of sp³-hybridized carbons (Fsp3) is 0.400. The molecule has 1 aromatic heterocycles. The first-order valence-electron chi connectivity index (χ1n) is 5.30. The minimum Gasteiger partial charge on any atom is -0.384 e. The maximum absolute atomic E-state index is 11.6. The minimum absolute atomic E-state index is 0.0415. The molecule has 0 saturated heterocycles. The maximum Gasteiger partial charge on any atom is 0.239 e. The number of aromatic nitrogens is 1. The number of nitrogen functional groups attached to an aromatic ring is 1. The van der Waals surface area contributed by atoms with Crippen LogP contribution in [0.3, 0.4) is 0 Å². The van der Waals surface area contributed by atoms with E-state index in [2.05, 4.69) is 10.3 Å². The van der Waals surface area contributed by atoms with Crippen molar-refractivity contribution >= 4 is 27.4 Å². The standard InChI is InChI=1S/C10H16N4O3S/c1-3-18(16,17)14(2)7-10(15)13-8-4-5-9(11)12-6-8/h4-6H,3,7H2,1-2H3,(H2,11,12)(H,13,15). The van der Waals surface area contributed by atoms with Gasteiger partial charge in [0.15, 0.2) is 0 Å². The van der Waals surface area contributed by atoms with Crippen molar-refractivity contribution in [3.05, 3.63) is 18.3 Å². The zero-order valence-corrected chi connectivity index (χ0v) is 11.1. The van der Waals surface area contributed by atoms with Crippen LogP contribution in [0.5, 0.6) is 0 Å². The van der Waals surface area contributed by atoms with Gasteiger partial charge in [-0.15, -0.1) is 0 Å². The Morgan fingerprint density at radius 3 is 2.67 bits per heavy atom. The fourth-order valence-corrected chi connectivity index (χ4v) is 1.96. The molecule has 0 aliphatic heterocycles. The first kappa shape index (κ1) is 14.4. The number of nitrogens with one attached hydrogen (secondary N) is 1. The summed E-state index contributed by atoms with van der Waals surface area (Å²) in [6.07, 6.45) is 1.40. The van der Waals surface area contributed by atoms with Crippen LogP contribution in [0.1, 0.15) is 6.92 Å². The van der Waals surface area contributed by atoms with Crippen LogP contribution in [0.15, 0.2) is 18.3 Å². The number of carbonyl (C=O) groups is 1. The number of hydrogen-bond donors (Lipinski definition) is 2. The third kappa shape index (κ3) is 3.97. The second-order valence-corrected chi connectivity index (χ2v) is 6.04. The van der Waals surface area contributed by atoms with E-state index in [9.17, 15) is 13.2 Å². The highest BCUT2D eigenvalue weighted by Crippen LogP contribution is 2.07. The summed E-state index contributed by atoms with van der Waals surface area (Å²) in [6.45, 7) is 1.29. The smallest absolute Gasteiger partial charge is 0.239 e. The molecule has 0 radical (unpaired) electrons. The van der Waals surface area contributed by atoms with Crippen LogP contribution >= 0.6 is 0 Å². The van der Waals surface area contributed by atoms with Gasteiger partial charge in [0, 0.05) is 7.05 Å². The van der Waals surface area contributed by atoms with Crippen molar-refractivity contribution in [1.29, 1.82) is 0 Å². The molecular formula is C10H16N4O3S. The van der Waals surface area contributed by atoms with Gasteiger partial charge in [-0.3, -0.25) is 4.79 Å². The van der Waals surface area contributed by atoms with E-state index in [1.54, 1.807) is 12.1 Å². The number of anilines is 2. The van der Waals surface area contributed by atoms with E-state index < -0.39 is 15.9 Å². The zero-order chi connectivity index (χ0) is 13.8. The third-order valence-corrected chi connectivity index (χ3v) is 4.08. The van der Waals surface area contributed by atoms with Crippen molar-refractivity contribution in [3.63, 3.8) is 0 Å². The van der Waals surface area contributed by atoms with Crippen LogP contribution in [0.4, 0.5) is 11.5 Å². The number of nitrogens with two attached hydrogens (primary N) is 1. The number of likely N-dealkylation sites (N-methyl/N-ethyl adjacent to an activating group) is 1. The molecule has 0 aliphatic carbocycles. The number of hydrogen-bond acceptors (Lipinski definition) is 5. The molecule has 7 nitrogen and oxygen atoms in total. The molecule has 8 heteroatoms. The predicted octanol–water partition coefficient (Wildman–Crippen LogP) is -0.116. The normalized spacial score (nSPS) is 11.5. The van der Waals surface area contributed by atoms with Gasteiger partial charge in [0.2, 0.25) is 15.9 Å². The van der Waals surface area contributed by atoms with E-state index in [0.717, 1.165) is 4.31 Å². The Kier molecular flexibility index (Phi) is 4.62. The summed E-state index contributed by atoms with van der Waals surface area (Å²) in [5, 5.41) is 2.53. The van der Waals surface area contributed by atoms with Crippen LogP contribution in [-0.4, -0.2) is 43.0 Å². The fourth-order valence-electron chi connectivity index (χ4n) is 1.20. The minimum atomic E-state index is -3.36. The van der Waals surface area contributed by atoms with Crippen molar-refractivity contribution in [2.75, 3.05) is 30.4 Å². The Balaban J connectivity index is 2.60. The molecule has 0 bridgehead atoms. The topological polar surface area (TPSA) is 105 Å². The summed E-state index contributed by atoms with van der Waals surface area (Å²) in [5.74, 6) is -0.125. The van der Waals surface area contributed by atoms with Gasteiger partial charge in [-0.2, -0.15) is 4.31 Å². The molecule has 1 aromatic rings. The lowest BCUT2D eigenvalue weighted by atomic mass is 10.4. The molecule has 100 valence electrons. The molecule has 1 amide bonds. The van der Waals surface area contributed by atoms with Gasteiger partial charge in [0.1, 0.15) is 5.82 Å². The van der Waals surface area contributed by atoms with E-state index >= 15 is 0 Å². The number of pyridine rings is 1. The Morgan fingerprint density at radius 1 is 1.50 bits per heavy atom. The summed E-state index contributed by atoms with van der Waals surface area (Å²) in [7, 11) is -1.99. The highest BCUT2D eigenvalue weighted by atomic mass is 32.2. The Hall–Kier alpha value is -1.67. The van der Waals surface area contributed by atoms with Crippen molar-refractivity contribution in [2.24, 2.45) is 0 Å². The van der Waals surface area contributed by atoms with E-state index in [-0.39, 0.29) is 12.3 Å². The maximum atomic E-state index is 11.6. The third-order valence-electron chi connectivity index (χ3n) is 2.28. The quantitative estimate of drug-likeness (QED) is 0.777. The predicted molar refractivity (Wildman–Crippen MR) is 69.4 cm³/mol. The second kappa shape index (κ2) is 5.78. The molecule has 0 aliphatic rings. The molecule has 1 rings (SSSR count). The van der Waals surface area contributed by atoms with Gasteiger partial charge >= 0.3 is 0 Å². The molecular weight excluding hydrogens is 256 g/mol. The summed E-state index contributed by atoms with van der Waals surface area (Å²) in [6, 6.07) is 3.14. The molecule has 0 fully saturated rings. The highest BCUT2D eigenvalue weighted by molar-refractivity contribution is 7.89. The summed E-state index contributed by atoms with van der Waals surface area (Å²) in [4.78, 5) is 15.4. The molecule has 0 spiro atoms. The number of sulfonamides is 1. The largest absolute Gasteiger partial charge is 0.384 e. The van der Waals surface area contributed by atoms with Gasteiger partial charge in [-0.1, -0.05) is 0 Å². The van der Waals surface area contributed by atoms with E-state index in [1.807, 2.05) is 0 Å². The van der Waals surface area contributed by atoms with Crippen molar-refractivity contribution in [3.8, 4) is 0 Å². The lowest BCUT2D eigenvalue weighted by Gasteiger charge is -2.15. The number of nitrogens with zero attached hydrogens (tertiary/aromatic N) is 2. The van der Waals surface area contributed by atoms with E-state index in [1.165, 1.54) is 20.2 Å². The second-order valence-electron chi connectivity index (χ2n) is 3.68. The molecule has 0 saturated carbocycles. The number of rotatable bonds is 5. The lowest BCUT2D eigenvalue weighted by molar-refractivity contribution is -0.116. The highest BCUT2D eigenvalue weighted by Gasteiger charge is 2.18. The average molecular weight is 272 g/mol. The van der Waals surface area contributed by atoms with Crippen molar-refractivity contribution < 1.29 is 13.2 Å². The summed E-state index contributed by atoms with van der Waals surface area (Å²) < 4.78 is 23.9. The number of amides is 1. The lowest BCUT2D eigenvalue weighted by Crippen LogP contribution is -2.35. The SMILES string of the molecule is CCS(=O)(=O)N(C)CC(=O)Nc1ccc(N)nc1. The summed E-state index contributed by atoms with van der Waals surface area (Å²) in [5.41, 5.74) is 5.87. The molecule has 0 atom stereocenters. The monoisotopic (exact) mass is 272 g/mol. The van der Waals surface area contributed by atoms with E-state index in [4.69, 9.17) is 5.73 Å². The average Bonchev–Trinajstić information content (AvgIpc) is 2.32. The van der Waals surface area contributed by atoms with Crippen LogP contribution in [0.25, 0.3) is 0 Å². The number of carbonyl (C=O) groups excluding carboxylic acids is 1. The summed E-state index contributed by atoms with van der Waals surface area (Å²) >= 11 is 0. The Bertz CT molecular complexity index is 512. The molecule has 18 heavy (non-hydrogen) atoms. The molecule has 1 heterocycles. The van der Waals surface area contributed by atoms with Crippen LogP contribution in [0.2, 0.25) is 0 Å². The van der Waals surface area contributed by atoms with Gasteiger partial charge in [0.05, 0.1) is 24.2 Å². The van der Waals surface area contributed by atoms with Crippen LogP contribution in [0, 0.1) is 0 Å². The van der Waals surface area contributed by atoms with Crippen LogP contribution in [-0.2, 0) is 14.8 Å². The molecule has 0 unspecified atom stereocenters. The first-order valence-corrected chi connectivity index (χ1v) is 6.91. The zero-order valence-electron chi connectivity index (χ0n) is 10.3. The Morgan fingerprint density at radius 2 is 2.17 bits per heavy atom. The van der Waals surface area contributed by atoms with Crippen molar-refractivity contribution in [2.45, 2.75) is 6.92 Å². The molecule has 3 N–H and O–H groups in total. The van der Waals surface area contributed by atoms with Gasteiger partial charge in [-0.05, 0) is 19.1 Å².